The summed E-state index contributed by atoms with van der Waals surface area (Å²) in [4.78, 5) is 40.9. The van der Waals surface area contributed by atoms with Crippen molar-refractivity contribution in [1.29, 1.82) is 0 Å². The Bertz CT molecular complexity index is 447. The minimum atomic E-state index is -0.983. The molecule has 1 saturated heterocycles. The molecular formula is C14H24N2O7S. The molecule has 3 N–H and O–H groups in total. The van der Waals surface area contributed by atoms with Gasteiger partial charge in [-0.3, -0.25) is 24.8 Å². The average Bonchev–Trinajstić information content (AvgIpc) is 3.00. The highest BCUT2D eigenvalue weighted by Crippen LogP contribution is 2.22. The van der Waals surface area contributed by atoms with Gasteiger partial charge in [0.15, 0.2) is 5.12 Å². The molecule has 0 aromatic rings. The third-order valence-corrected chi connectivity index (χ3v) is 4.91. The zero-order valence-corrected chi connectivity index (χ0v) is 14.4. The van der Waals surface area contributed by atoms with Gasteiger partial charge in [0.2, 0.25) is 5.91 Å². The zero-order chi connectivity index (χ0) is 18.1. The van der Waals surface area contributed by atoms with E-state index in [1.807, 2.05) is 0 Å². The molecule has 0 aromatic carbocycles. The summed E-state index contributed by atoms with van der Waals surface area (Å²) >= 11 is 1.06. The van der Waals surface area contributed by atoms with Crippen LogP contribution >= 0.6 is 11.8 Å². The van der Waals surface area contributed by atoms with Crippen LogP contribution in [0.15, 0.2) is 0 Å². The fourth-order valence-corrected chi connectivity index (χ4v) is 3.32. The van der Waals surface area contributed by atoms with E-state index in [0.29, 0.717) is 44.4 Å². The normalized spacial score (nSPS) is 18.8. The van der Waals surface area contributed by atoms with Crippen LogP contribution < -0.4 is 0 Å². The van der Waals surface area contributed by atoms with Crippen molar-refractivity contribution < 1.29 is 34.7 Å². The van der Waals surface area contributed by atoms with Crippen LogP contribution in [0.25, 0.3) is 0 Å². The van der Waals surface area contributed by atoms with E-state index >= 15 is 0 Å². The molecule has 1 fully saturated rings. The van der Waals surface area contributed by atoms with E-state index in [9.17, 15) is 14.4 Å². The molecule has 10 heteroatoms. The minimum absolute atomic E-state index is 0.0595. The molecule has 0 unspecified atom stereocenters. The topological polar surface area (TPSA) is 128 Å². The predicted octanol–water partition coefficient (Wildman–Crippen LogP) is 1.14. The first-order valence-corrected chi connectivity index (χ1v) is 8.81. The number of nitrogens with zero attached hydrogens (tertiary/aromatic N) is 2. The van der Waals surface area contributed by atoms with E-state index in [2.05, 4.69) is 4.84 Å². The quantitative estimate of drug-likeness (QED) is 0.386. The monoisotopic (exact) mass is 364 g/mol. The maximum absolute atomic E-state index is 12.3. The van der Waals surface area contributed by atoms with Gasteiger partial charge in [-0.1, -0.05) is 18.7 Å². The lowest BCUT2D eigenvalue weighted by atomic mass is 10.1. The molecule has 0 radical (unpaired) electrons. The van der Waals surface area contributed by atoms with Crippen LogP contribution in [0.4, 0.5) is 0 Å². The number of carboxylic acids is 1. The van der Waals surface area contributed by atoms with Crippen molar-refractivity contribution in [2.75, 3.05) is 18.9 Å². The lowest BCUT2D eigenvalue weighted by Gasteiger charge is -2.24. The van der Waals surface area contributed by atoms with E-state index < -0.39 is 17.9 Å². The SMILES string of the molecule is C[C@H](CSC(=O)CCCCON(O)O)C(=O)N1CCC[C@H]1C(=O)O. The van der Waals surface area contributed by atoms with Gasteiger partial charge < -0.3 is 10.0 Å². The van der Waals surface area contributed by atoms with Gasteiger partial charge in [0.1, 0.15) is 6.04 Å². The molecule has 0 aromatic heterocycles. The molecule has 0 aliphatic carbocycles. The summed E-state index contributed by atoms with van der Waals surface area (Å²) in [6.45, 7) is 2.24. The van der Waals surface area contributed by atoms with Gasteiger partial charge in [-0.15, -0.1) is 0 Å². The van der Waals surface area contributed by atoms with Gasteiger partial charge in [0.25, 0.3) is 0 Å². The molecule has 1 heterocycles. The molecule has 1 aliphatic rings. The maximum Gasteiger partial charge on any atom is 0.326 e. The Morgan fingerprint density at radius 3 is 2.67 bits per heavy atom. The first-order chi connectivity index (χ1) is 11.3. The van der Waals surface area contributed by atoms with Crippen molar-refractivity contribution in [3.63, 3.8) is 0 Å². The Hall–Kier alpha value is -1.20. The minimum Gasteiger partial charge on any atom is -0.480 e. The van der Waals surface area contributed by atoms with Crippen molar-refractivity contribution >= 4 is 28.8 Å². The number of carboxylic acid groups (broad SMARTS) is 1. The molecule has 1 rings (SSSR count). The summed E-state index contributed by atoms with van der Waals surface area (Å²) < 4.78 is 0. The highest BCUT2D eigenvalue weighted by Gasteiger charge is 2.35. The standard InChI is InChI=1S/C14H24N2O7S/c1-10(13(18)15-7-4-5-11(15)14(19)20)9-24-12(17)6-2-3-8-23-16(21)22/h10-11,21-22H,2-9H2,1H3,(H,19,20)/t10-,11+/m1/s1. The third-order valence-electron chi connectivity index (χ3n) is 3.72. The fourth-order valence-electron chi connectivity index (χ4n) is 2.45. The second-order valence-electron chi connectivity index (χ2n) is 5.66. The van der Waals surface area contributed by atoms with Crippen molar-refractivity contribution in [2.24, 2.45) is 5.92 Å². The molecule has 0 saturated carbocycles. The van der Waals surface area contributed by atoms with Gasteiger partial charge >= 0.3 is 5.97 Å². The number of thioether (sulfide) groups is 1. The maximum atomic E-state index is 12.3. The molecule has 2 atom stereocenters. The summed E-state index contributed by atoms with van der Waals surface area (Å²) in [6, 6.07) is -0.752. The lowest BCUT2D eigenvalue weighted by Crippen LogP contribution is -2.43. The Morgan fingerprint density at radius 2 is 2.04 bits per heavy atom. The fraction of sp³-hybridized carbons (Fsp3) is 0.786. The summed E-state index contributed by atoms with van der Waals surface area (Å²) in [7, 11) is 0. The van der Waals surface area contributed by atoms with E-state index in [1.165, 1.54) is 4.90 Å². The summed E-state index contributed by atoms with van der Waals surface area (Å²) in [6.07, 6.45) is 2.48. The summed E-state index contributed by atoms with van der Waals surface area (Å²) in [5, 5.41) is 25.3. The number of amides is 1. The Kier molecular flexibility index (Phi) is 9.22. The molecule has 1 amide bonds. The smallest absolute Gasteiger partial charge is 0.326 e. The summed E-state index contributed by atoms with van der Waals surface area (Å²) in [5.41, 5.74) is 0. The molecule has 138 valence electrons. The molecule has 0 bridgehead atoms. The molecule has 0 spiro atoms. The lowest BCUT2D eigenvalue weighted by molar-refractivity contribution is -0.492. The van der Waals surface area contributed by atoms with E-state index in [4.69, 9.17) is 15.5 Å². The molecule has 9 nitrogen and oxygen atoms in total. The van der Waals surface area contributed by atoms with Crippen LogP contribution in [0, 0.1) is 5.92 Å². The summed E-state index contributed by atoms with van der Waals surface area (Å²) in [5.74, 6) is -1.31. The van der Waals surface area contributed by atoms with Crippen LogP contribution in [0.2, 0.25) is 0 Å². The van der Waals surface area contributed by atoms with Crippen LogP contribution in [0.3, 0.4) is 0 Å². The average molecular weight is 364 g/mol. The van der Waals surface area contributed by atoms with Crippen molar-refractivity contribution in [3.05, 3.63) is 0 Å². The predicted molar refractivity (Wildman–Crippen MR) is 84.2 cm³/mol. The van der Waals surface area contributed by atoms with Crippen LogP contribution in [0.5, 0.6) is 0 Å². The number of carbonyl (C=O) groups excluding carboxylic acids is 2. The molecule has 1 aliphatic heterocycles. The Balaban J connectivity index is 2.24. The Labute approximate surface area is 144 Å². The number of hydrogen-bond acceptors (Lipinski definition) is 8. The number of likely N-dealkylation sites (tertiary alicyclic amines) is 1. The van der Waals surface area contributed by atoms with Crippen molar-refractivity contribution in [3.8, 4) is 0 Å². The van der Waals surface area contributed by atoms with Crippen molar-refractivity contribution in [1.82, 2.24) is 10.3 Å². The highest BCUT2D eigenvalue weighted by molar-refractivity contribution is 8.13. The first kappa shape index (κ1) is 20.8. The van der Waals surface area contributed by atoms with E-state index in [-0.39, 0.29) is 23.0 Å². The number of carbonyl (C=O) groups is 3. The number of rotatable bonds is 10. The van der Waals surface area contributed by atoms with Gasteiger partial charge in [0, 0.05) is 24.6 Å². The highest BCUT2D eigenvalue weighted by atomic mass is 32.2. The molecule has 24 heavy (non-hydrogen) atoms. The van der Waals surface area contributed by atoms with Gasteiger partial charge in [-0.05, 0) is 25.7 Å². The largest absolute Gasteiger partial charge is 0.480 e. The van der Waals surface area contributed by atoms with Gasteiger partial charge in [0.05, 0.1) is 12.0 Å². The van der Waals surface area contributed by atoms with E-state index in [1.54, 1.807) is 6.92 Å². The van der Waals surface area contributed by atoms with Gasteiger partial charge in [-0.25, -0.2) is 4.79 Å². The van der Waals surface area contributed by atoms with Crippen molar-refractivity contribution in [2.45, 2.75) is 45.1 Å². The third kappa shape index (κ3) is 7.14. The first-order valence-electron chi connectivity index (χ1n) is 7.82. The number of aliphatic carboxylic acids is 1. The van der Waals surface area contributed by atoms with Crippen LogP contribution in [-0.4, -0.2) is 67.7 Å². The van der Waals surface area contributed by atoms with Crippen LogP contribution in [0.1, 0.15) is 39.0 Å². The van der Waals surface area contributed by atoms with E-state index in [0.717, 1.165) is 11.8 Å². The second-order valence-corrected chi connectivity index (χ2v) is 6.73. The van der Waals surface area contributed by atoms with Crippen LogP contribution in [-0.2, 0) is 19.2 Å². The second kappa shape index (κ2) is 10.6. The zero-order valence-electron chi connectivity index (χ0n) is 13.6. The Morgan fingerprint density at radius 1 is 1.33 bits per heavy atom. The number of unbranched alkanes of at least 4 members (excludes halogenated alkanes) is 1. The number of hydrogen-bond donors (Lipinski definition) is 3. The van der Waals surface area contributed by atoms with Gasteiger partial charge in [-0.2, -0.15) is 0 Å². The molecular weight excluding hydrogens is 340 g/mol.